The van der Waals surface area contributed by atoms with Gasteiger partial charge in [0.2, 0.25) is 0 Å². The topological polar surface area (TPSA) is 26.3 Å². The third-order valence-corrected chi connectivity index (χ3v) is 2.46. The third-order valence-electron chi connectivity index (χ3n) is 2.46. The maximum absolute atomic E-state index is 11.3. The molecule has 1 rings (SSSR count). The van der Waals surface area contributed by atoms with Gasteiger partial charge in [-0.2, -0.15) is 0 Å². The number of carbonyl (C=O) groups excluding carboxylic acids is 1. The van der Waals surface area contributed by atoms with Gasteiger partial charge in [0, 0.05) is 11.5 Å². The molecule has 0 spiro atoms. The van der Waals surface area contributed by atoms with Crippen LogP contribution in [0, 0.1) is 6.92 Å². The summed E-state index contributed by atoms with van der Waals surface area (Å²) in [7, 11) is 1.63. The van der Waals surface area contributed by atoms with Gasteiger partial charge in [0.25, 0.3) is 0 Å². The minimum Gasteiger partial charge on any atom is -0.496 e. The van der Waals surface area contributed by atoms with Crippen LogP contribution < -0.4 is 4.74 Å². The van der Waals surface area contributed by atoms with Crippen molar-refractivity contribution in [1.82, 2.24) is 0 Å². The molecule has 0 heterocycles. The fourth-order valence-corrected chi connectivity index (χ4v) is 1.41. The Labute approximate surface area is 84.9 Å². The fourth-order valence-electron chi connectivity index (χ4n) is 1.41. The van der Waals surface area contributed by atoms with Gasteiger partial charge in [-0.25, -0.2) is 0 Å². The van der Waals surface area contributed by atoms with Crippen molar-refractivity contribution in [2.24, 2.45) is 0 Å². The van der Waals surface area contributed by atoms with Crippen LogP contribution in [-0.4, -0.2) is 12.9 Å². The molecular formula is C12H16O2. The van der Waals surface area contributed by atoms with E-state index >= 15 is 0 Å². The molecule has 1 atom stereocenters. The van der Waals surface area contributed by atoms with Crippen LogP contribution in [0.25, 0.3) is 0 Å². The highest BCUT2D eigenvalue weighted by atomic mass is 16.5. The molecular weight excluding hydrogens is 176 g/mol. The monoisotopic (exact) mass is 192 g/mol. The molecule has 1 aromatic carbocycles. The summed E-state index contributed by atoms with van der Waals surface area (Å²) < 4.78 is 5.22. The number of ether oxygens (including phenoxy) is 1. The lowest BCUT2D eigenvalue weighted by Crippen LogP contribution is -2.06. The predicted molar refractivity (Wildman–Crippen MR) is 56.8 cm³/mol. The number of aryl methyl sites for hydroxylation is 1. The molecule has 0 fully saturated rings. The van der Waals surface area contributed by atoms with Gasteiger partial charge in [0.1, 0.15) is 11.5 Å². The van der Waals surface area contributed by atoms with E-state index in [1.54, 1.807) is 14.0 Å². The summed E-state index contributed by atoms with van der Waals surface area (Å²) in [5.41, 5.74) is 2.12. The van der Waals surface area contributed by atoms with Crippen LogP contribution >= 0.6 is 0 Å². The first-order chi connectivity index (χ1) is 6.56. The molecule has 0 saturated heterocycles. The van der Waals surface area contributed by atoms with E-state index in [1.807, 2.05) is 32.0 Å². The summed E-state index contributed by atoms with van der Waals surface area (Å²) in [6, 6.07) is 5.89. The smallest absolute Gasteiger partial charge is 0.137 e. The van der Waals surface area contributed by atoms with E-state index in [0.29, 0.717) is 0 Å². The molecule has 0 radical (unpaired) electrons. The van der Waals surface area contributed by atoms with Gasteiger partial charge in [0.15, 0.2) is 0 Å². The van der Waals surface area contributed by atoms with E-state index in [-0.39, 0.29) is 11.7 Å². The number of carbonyl (C=O) groups is 1. The Kier molecular flexibility index (Phi) is 3.28. The van der Waals surface area contributed by atoms with E-state index in [4.69, 9.17) is 4.74 Å². The Morgan fingerprint density at radius 3 is 2.57 bits per heavy atom. The summed E-state index contributed by atoms with van der Waals surface area (Å²) in [5, 5.41) is 0. The van der Waals surface area contributed by atoms with E-state index in [2.05, 4.69) is 0 Å². The van der Waals surface area contributed by atoms with E-state index in [9.17, 15) is 4.79 Å². The molecule has 1 aromatic rings. The van der Waals surface area contributed by atoms with Gasteiger partial charge in [-0.1, -0.05) is 24.6 Å². The molecule has 14 heavy (non-hydrogen) atoms. The van der Waals surface area contributed by atoms with Crippen molar-refractivity contribution in [1.29, 1.82) is 0 Å². The number of rotatable bonds is 3. The number of ketones is 1. The minimum atomic E-state index is -0.0927. The van der Waals surface area contributed by atoms with Gasteiger partial charge >= 0.3 is 0 Å². The molecule has 0 aliphatic carbocycles. The Hall–Kier alpha value is -1.31. The van der Waals surface area contributed by atoms with Gasteiger partial charge < -0.3 is 4.74 Å². The van der Waals surface area contributed by atoms with Crippen molar-refractivity contribution < 1.29 is 9.53 Å². The molecule has 76 valence electrons. The number of Topliss-reactive ketones (excluding diaryl/α,β-unsaturated/α-hetero) is 1. The Morgan fingerprint density at radius 1 is 1.43 bits per heavy atom. The molecule has 0 aliphatic rings. The van der Waals surface area contributed by atoms with Crippen molar-refractivity contribution in [2.75, 3.05) is 7.11 Å². The van der Waals surface area contributed by atoms with Crippen LogP contribution in [0.3, 0.4) is 0 Å². The van der Waals surface area contributed by atoms with E-state index < -0.39 is 0 Å². The molecule has 1 unspecified atom stereocenters. The van der Waals surface area contributed by atoms with Crippen LogP contribution in [0.4, 0.5) is 0 Å². The lowest BCUT2D eigenvalue weighted by Gasteiger charge is -2.13. The molecule has 2 nitrogen and oxygen atoms in total. The molecule has 0 aliphatic heterocycles. The van der Waals surface area contributed by atoms with Gasteiger partial charge in [-0.15, -0.1) is 0 Å². The van der Waals surface area contributed by atoms with Crippen LogP contribution in [0.5, 0.6) is 5.75 Å². The second-order valence-electron chi connectivity index (χ2n) is 3.58. The van der Waals surface area contributed by atoms with Crippen molar-refractivity contribution >= 4 is 5.78 Å². The van der Waals surface area contributed by atoms with Crippen LogP contribution in [0.2, 0.25) is 0 Å². The second kappa shape index (κ2) is 4.27. The summed E-state index contributed by atoms with van der Waals surface area (Å²) >= 11 is 0. The quantitative estimate of drug-likeness (QED) is 0.736. The standard InChI is InChI=1S/C12H16O2/c1-8-5-6-12(14-4)11(7-8)9(2)10(3)13/h5-7,9H,1-4H3. The van der Waals surface area contributed by atoms with Crippen LogP contribution in [0.1, 0.15) is 30.9 Å². The highest BCUT2D eigenvalue weighted by molar-refractivity contribution is 5.83. The van der Waals surface area contributed by atoms with Crippen LogP contribution in [0.15, 0.2) is 18.2 Å². The first-order valence-electron chi connectivity index (χ1n) is 4.71. The first kappa shape index (κ1) is 10.8. The second-order valence-corrected chi connectivity index (χ2v) is 3.58. The average molecular weight is 192 g/mol. The number of hydrogen-bond donors (Lipinski definition) is 0. The lowest BCUT2D eigenvalue weighted by atomic mass is 9.95. The van der Waals surface area contributed by atoms with Crippen molar-refractivity contribution in [3.05, 3.63) is 29.3 Å². The lowest BCUT2D eigenvalue weighted by molar-refractivity contribution is -0.118. The fraction of sp³-hybridized carbons (Fsp3) is 0.417. The van der Waals surface area contributed by atoms with Crippen LogP contribution in [-0.2, 0) is 4.79 Å². The number of hydrogen-bond acceptors (Lipinski definition) is 2. The zero-order valence-electron chi connectivity index (χ0n) is 9.13. The SMILES string of the molecule is COc1ccc(C)cc1C(C)C(C)=O. The molecule has 0 saturated carbocycles. The first-order valence-corrected chi connectivity index (χ1v) is 4.71. The highest BCUT2D eigenvalue weighted by Gasteiger charge is 2.15. The van der Waals surface area contributed by atoms with Gasteiger partial charge in [-0.3, -0.25) is 4.79 Å². The third kappa shape index (κ3) is 2.13. The number of methoxy groups -OCH3 is 1. The summed E-state index contributed by atoms with van der Waals surface area (Å²) in [6.45, 7) is 5.52. The highest BCUT2D eigenvalue weighted by Crippen LogP contribution is 2.27. The number of benzene rings is 1. The Morgan fingerprint density at radius 2 is 2.07 bits per heavy atom. The van der Waals surface area contributed by atoms with Crippen molar-refractivity contribution in [2.45, 2.75) is 26.7 Å². The van der Waals surface area contributed by atoms with E-state index in [1.165, 1.54) is 0 Å². The molecule has 0 aromatic heterocycles. The van der Waals surface area contributed by atoms with Gasteiger partial charge in [-0.05, 0) is 19.9 Å². The summed E-state index contributed by atoms with van der Waals surface area (Å²) in [4.78, 5) is 11.3. The largest absolute Gasteiger partial charge is 0.496 e. The maximum atomic E-state index is 11.3. The zero-order chi connectivity index (χ0) is 10.7. The molecule has 0 N–H and O–H groups in total. The van der Waals surface area contributed by atoms with Crippen molar-refractivity contribution in [3.63, 3.8) is 0 Å². The Balaban J connectivity index is 3.16. The average Bonchev–Trinajstić information content (AvgIpc) is 2.16. The molecule has 0 bridgehead atoms. The maximum Gasteiger partial charge on any atom is 0.137 e. The minimum absolute atomic E-state index is 0.0927. The van der Waals surface area contributed by atoms with Gasteiger partial charge in [0.05, 0.1) is 7.11 Å². The zero-order valence-corrected chi connectivity index (χ0v) is 9.13. The molecule has 0 amide bonds. The molecule has 2 heteroatoms. The Bertz CT molecular complexity index is 342. The van der Waals surface area contributed by atoms with Crippen molar-refractivity contribution in [3.8, 4) is 5.75 Å². The normalized spacial score (nSPS) is 12.3. The predicted octanol–water partition coefficient (Wildman–Crippen LogP) is 2.70. The van der Waals surface area contributed by atoms with E-state index in [0.717, 1.165) is 16.9 Å². The summed E-state index contributed by atoms with van der Waals surface area (Å²) in [5.74, 6) is 0.858. The summed E-state index contributed by atoms with van der Waals surface area (Å²) in [6.07, 6.45) is 0.